The van der Waals surface area contributed by atoms with Gasteiger partial charge in [-0.05, 0) is 56.7 Å². The molecule has 2 unspecified atom stereocenters. The first-order valence-corrected chi connectivity index (χ1v) is 13.1. The predicted molar refractivity (Wildman–Crippen MR) is 138 cm³/mol. The molecule has 2 atom stereocenters. The smallest absolute Gasteiger partial charge is 0.317 e. The van der Waals surface area contributed by atoms with Gasteiger partial charge in [-0.2, -0.15) is 0 Å². The normalized spacial score (nSPS) is 22.9. The second-order valence-corrected chi connectivity index (χ2v) is 10.2. The Balaban J connectivity index is 1.19. The van der Waals surface area contributed by atoms with Crippen molar-refractivity contribution < 1.29 is 14.3 Å². The summed E-state index contributed by atoms with van der Waals surface area (Å²) in [5, 5.41) is 3.24. The molecule has 1 N–H and O–H groups in total. The number of hydrogen-bond donors (Lipinski definition) is 1. The van der Waals surface area contributed by atoms with E-state index in [2.05, 4.69) is 58.0 Å². The number of rotatable bonds is 7. The van der Waals surface area contributed by atoms with Crippen LogP contribution in [0.15, 0.2) is 36.7 Å². The number of piperidine rings is 1. The molecule has 0 aliphatic carbocycles. The van der Waals surface area contributed by atoms with Gasteiger partial charge in [0.05, 0.1) is 11.5 Å². The Morgan fingerprint density at radius 1 is 1.14 bits per heavy atom. The van der Waals surface area contributed by atoms with Gasteiger partial charge in [-0.25, -0.2) is 14.8 Å². The van der Waals surface area contributed by atoms with Gasteiger partial charge in [0.2, 0.25) is 5.95 Å². The molecule has 9 heteroatoms. The van der Waals surface area contributed by atoms with Gasteiger partial charge >= 0.3 is 12.0 Å². The van der Waals surface area contributed by atoms with E-state index in [4.69, 9.17) is 4.74 Å². The van der Waals surface area contributed by atoms with Gasteiger partial charge in [0.15, 0.2) is 0 Å². The molecule has 3 aliphatic heterocycles. The Labute approximate surface area is 212 Å². The molecular weight excluding hydrogens is 456 g/mol. The van der Waals surface area contributed by atoms with Gasteiger partial charge in [0, 0.05) is 63.4 Å². The average Bonchev–Trinajstić information content (AvgIpc) is 3.19. The fourth-order valence-electron chi connectivity index (χ4n) is 5.88. The number of amides is 2. The molecule has 0 radical (unpaired) electrons. The molecule has 3 aliphatic rings. The second-order valence-electron chi connectivity index (χ2n) is 10.2. The molecule has 2 fully saturated rings. The zero-order valence-corrected chi connectivity index (χ0v) is 21.4. The molecule has 9 nitrogen and oxygen atoms in total. The minimum atomic E-state index is -0.266. The monoisotopic (exact) mass is 492 g/mol. The fourth-order valence-corrected chi connectivity index (χ4v) is 5.88. The lowest BCUT2D eigenvalue weighted by Gasteiger charge is -2.38. The minimum Gasteiger partial charge on any atom is -0.426 e. The largest absolute Gasteiger partial charge is 0.426 e. The Morgan fingerprint density at radius 2 is 1.86 bits per heavy atom. The highest BCUT2D eigenvalue weighted by atomic mass is 16.5. The Bertz CT molecular complexity index is 1100. The van der Waals surface area contributed by atoms with Crippen LogP contribution in [0.4, 0.5) is 16.4 Å². The first-order valence-electron chi connectivity index (χ1n) is 13.1. The van der Waals surface area contributed by atoms with Crippen LogP contribution in [0.25, 0.3) is 0 Å². The molecule has 5 rings (SSSR count). The summed E-state index contributed by atoms with van der Waals surface area (Å²) in [5.41, 5.74) is 1.91. The van der Waals surface area contributed by atoms with Crippen LogP contribution < -0.4 is 19.9 Å². The van der Waals surface area contributed by atoms with Crippen molar-refractivity contribution in [3.8, 4) is 5.75 Å². The number of ether oxygens (including phenoxy) is 1. The number of esters is 1. The molecule has 0 saturated carbocycles. The summed E-state index contributed by atoms with van der Waals surface area (Å²) in [6, 6.07) is 7.96. The van der Waals surface area contributed by atoms with Gasteiger partial charge in [0.25, 0.3) is 0 Å². The van der Waals surface area contributed by atoms with Crippen LogP contribution in [0.5, 0.6) is 5.75 Å². The van der Waals surface area contributed by atoms with E-state index in [1.54, 1.807) is 12.4 Å². The highest BCUT2D eigenvalue weighted by Gasteiger charge is 2.45. The topological polar surface area (TPSA) is 90.9 Å². The lowest BCUT2D eigenvalue weighted by atomic mass is 9.82. The van der Waals surface area contributed by atoms with Crippen LogP contribution in [0, 0.1) is 5.92 Å². The lowest BCUT2D eigenvalue weighted by Crippen LogP contribution is -2.52. The van der Waals surface area contributed by atoms with E-state index in [0.717, 1.165) is 56.2 Å². The van der Waals surface area contributed by atoms with E-state index in [-0.39, 0.29) is 29.4 Å². The van der Waals surface area contributed by atoms with Gasteiger partial charge < -0.3 is 24.8 Å². The number of urea groups is 1. The maximum atomic E-state index is 13.0. The number of nitrogens with one attached hydrogen (secondary N) is 1. The predicted octanol–water partition coefficient (Wildman–Crippen LogP) is 3.42. The van der Waals surface area contributed by atoms with E-state index in [9.17, 15) is 9.59 Å². The summed E-state index contributed by atoms with van der Waals surface area (Å²) < 4.78 is 5.80. The number of hydrogen-bond acceptors (Lipinski definition) is 7. The van der Waals surface area contributed by atoms with Crippen LogP contribution in [0.3, 0.4) is 0 Å². The quantitative estimate of drug-likeness (QED) is 0.468. The van der Waals surface area contributed by atoms with Crippen molar-refractivity contribution in [2.24, 2.45) is 5.92 Å². The number of nitrogens with zero attached hydrogens (tertiary/aromatic N) is 5. The third-order valence-corrected chi connectivity index (χ3v) is 8.15. The van der Waals surface area contributed by atoms with Crippen molar-refractivity contribution in [2.45, 2.75) is 51.5 Å². The van der Waals surface area contributed by atoms with Crippen LogP contribution in [0.1, 0.15) is 51.5 Å². The summed E-state index contributed by atoms with van der Waals surface area (Å²) in [6.45, 7) is 10.9. The number of anilines is 2. The number of aromatic nitrogens is 2. The number of carbonyl (C=O) groups excluding carboxylic acids is 2. The second kappa shape index (κ2) is 9.95. The lowest BCUT2D eigenvalue weighted by molar-refractivity contribution is -0.141. The summed E-state index contributed by atoms with van der Waals surface area (Å²) in [6.07, 6.45) is 5.79. The van der Waals surface area contributed by atoms with Crippen molar-refractivity contribution >= 4 is 23.6 Å². The van der Waals surface area contributed by atoms with Gasteiger partial charge in [-0.3, -0.25) is 4.79 Å². The van der Waals surface area contributed by atoms with Gasteiger partial charge in [-0.15, -0.1) is 0 Å². The van der Waals surface area contributed by atoms with Crippen molar-refractivity contribution in [3.05, 3.63) is 42.2 Å². The highest BCUT2D eigenvalue weighted by Crippen LogP contribution is 2.41. The minimum absolute atomic E-state index is 0.0412. The SMILES string of the molecule is CCN(CC)c1ccc2c(c1)OC(=O)C(CCN1CC3(CCN(c4ncccn4)CC3)NC1=O)C2C. The molecule has 1 aromatic heterocycles. The molecule has 1 aromatic carbocycles. The molecule has 2 amide bonds. The van der Waals surface area contributed by atoms with E-state index in [1.165, 1.54) is 0 Å². The van der Waals surface area contributed by atoms with Crippen LogP contribution in [0.2, 0.25) is 0 Å². The summed E-state index contributed by atoms with van der Waals surface area (Å²) in [4.78, 5) is 40.8. The van der Waals surface area contributed by atoms with Crippen molar-refractivity contribution in [1.29, 1.82) is 0 Å². The average molecular weight is 493 g/mol. The van der Waals surface area contributed by atoms with Crippen LogP contribution in [-0.4, -0.2) is 71.7 Å². The third-order valence-electron chi connectivity index (χ3n) is 8.15. The molecule has 2 aromatic rings. The summed E-state index contributed by atoms with van der Waals surface area (Å²) >= 11 is 0. The van der Waals surface area contributed by atoms with Crippen molar-refractivity contribution in [3.63, 3.8) is 0 Å². The molecular formula is C27H36N6O3. The molecule has 4 heterocycles. The van der Waals surface area contributed by atoms with E-state index in [0.29, 0.717) is 25.3 Å². The number of fused-ring (bicyclic) bond motifs is 1. The van der Waals surface area contributed by atoms with E-state index < -0.39 is 0 Å². The maximum Gasteiger partial charge on any atom is 0.317 e. The first-order chi connectivity index (χ1) is 17.4. The Morgan fingerprint density at radius 3 is 2.56 bits per heavy atom. The van der Waals surface area contributed by atoms with Crippen molar-refractivity contribution in [1.82, 2.24) is 20.2 Å². The standard InChI is InChI=1S/C27H36N6O3/c1-4-31(5-2)20-7-8-21-19(3)22(24(34)36-23(21)17-20)9-14-33-18-27(30-26(33)35)10-15-32(16-11-27)25-28-12-6-13-29-25/h6-8,12-13,17,19,22H,4-5,9-11,14-16,18H2,1-3H3,(H,30,35). The highest BCUT2D eigenvalue weighted by molar-refractivity contribution is 5.81. The fraction of sp³-hybridized carbons (Fsp3) is 0.556. The number of carbonyl (C=O) groups is 2. The van der Waals surface area contributed by atoms with Gasteiger partial charge in [0.1, 0.15) is 5.75 Å². The molecule has 36 heavy (non-hydrogen) atoms. The molecule has 2 saturated heterocycles. The third kappa shape index (κ3) is 4.58. The molecule has 0 bridgehead atoms. The Kier molecular flexibility index (Phi) is 6.73. The van der Waals surface area contributed by atoms with E-state index in [1.807, 2.05) is 17.0 Å². The van der Waals surface area contributed by atoms with E-state index >= 15 is 0 Å². The molecule has 192 valence electrons. The zero-order valence-electron chi connectivity index (χ0n) is 21.4. The van der Waals surface area contributed by atoms with Crippen LogP contribution in [-0.2, 0) is 4.79 Å². The van der Waals surface area contributed by atoms with Crippen molar-refractivity contribution in [2.75, 3.05) is 49.1 Å². The molecule has 1 spiro atoms. The summed E-state index contributed by atoms with van der Waals surface area (Å²) in [7, 11) is 0. The maximum absolute atomic E-state index is 13.0. The Hall–Kier alpha value is -3.36. The van der Waals surface area contributed by atoms with Gasteiger partial charge in [-0.1, -0.05) is 13.0 Å². The first kappa shape index (κ1) is 24.3. The number of benzene rings is 1. The zero-order chi connectivity index (χ0) is 25.3. The van der Waals surface area contributed by atoms with Crippen LogP contribution >= 0.6 is 0 Å². The summed E-state index contributed by atoms with van der Waals surface area (Å²) in [5.74, 6) is 0.985.